The molecule has 1 heterocycles. The fourth-order valence-corrected chi connectivity index (χ4v) is 5.91. The maximum absolute atomic E-state index is 14.5. The molecule has 0 aliphatic rings. The fraction of sp³-hybridized carbons (Fsp3) is 0.100. The van der Waals surface area contributed by atoms with Crippen LogP contribution in [0.2, 0.25) is 5.02 Å². The SMILES string of the molecule is N#Cc1ccc2c(C(NS(=O)(=O)c3cccc(-c4ccccc4)c3)C(F)(F)F)cn(Cc3ccc(Cl)cc3)c2c1. The van der Waals surface area contributed by atoms with Crippen molar-refractivity contribution in [3.05, 3.63) is 125 Å². The first-order chi connectivity index (χ1) is 19.0. The van der Waals surface area contributed by atoms with Crippen molar-refractivity contribution in [1.29, 1.82) is 5.26 Å². The number of halogens is 4. The molecular weight excluding hydrogens is 559 g/mol. The summed E-state index contributed by atoms with van der Waals surface area (Å²) in [7, 11) is -4.60. The standard InChI is InChI=1S/C30H21ClF3N3O2S/c31-24-12-9-20(10-13-24)18-37-19-27(26-14-11-21(17-35)15-28(26)37)29(30(32,33)34)36-40(38,39)25-8-4-7-23(16-25)22-5-2-1-3-6-22/h1-16,19,29,36H,18H2. The molecule has 5 nitrogen and oxygen atoms in total. The lowest BCUT2D eigenvalue weighted by molar-refractivity contribution is -0.152. The molecule has 1 aromatic heterocycles. The predicted octanol–water partition coefficient (Wildman–Crippen LogP) is 7.46. The van der Waals surface area contributed by atoms with Crippen molar-refractivity contribution in [2.75, 3.05) is 0 Å². The summed E-state index contributed by atoms with van der Waals surface area (Å²) in [6, 6.07) is 25.3. The minimum Gasteiger partial charge on any atom is -0.343 e. The van der Waals surface area contributed by atoms with E-state index in [0.29, 0.717) is 16.1 Å². The van der Waals surface area contributed by atoms with E-state index in [1.807, 2.05) is 16.9 Å². The Hall–Kier alpha value is -4.10. The second-order valence-corrected chi connectivity index (χ2v) is 11.3. The van der Waals surface area contributed by atoms with Crippen LogP contribution in [-0.4, -0.2) is 19.2 Å². The van der Waals surface area contributed by atoms with Crippen molar-refractivity contribution < 1.29 is 21.6 Å². The number of fused-ring (bicyclic) bond motifs is 1. The molecule has 0 bridgehead atoms. The molecule has 0 spiro atoms. The summed E-state index contributed by atoms with van der Waals surface area (Å²) < 4.78 is 73.8. The van der Waals surface area contributed by atoms with Crippen LogP contribution in [-0.2, 0) is 16.6 Å². The Bertz CT molecular complexity index is 1830. The molecule has 0 saturated heterocycles. The first kappa shape index (κ1) is 27.5. The van der Waals surface area contributed by atoms with Crippen LogP contribution in [0.25, 0.3) is 22.0 Å². The number of nitrogens with one attached hydrogen (secondary N) is 1. The molecule has 0 aliphatic heterocycles. The van der Waals surface area contributed by atoms with Gasteiger partial charge in [0.25, 0.3) is 0 Å². The van der Waals surface area contributed by atoms with Crippen LogP contribution >= 0.6 is 11.6 Å². The number of sulfonamides is 1. The van der Waals surface area contributed by atoms with Crippen LogP contribution < -0.4 is 4.72 Å². The van der Waals surface area contributed by atoms with Crippen LogP contribution in [0.5, 0.6) is 0 Å². The Morgan fingerprint density at radius 3 is 2.27 bits per heavy atom. The smallest absolute Gasteiger partial charge is 0.343 e. The highest BCUT2D eigenvalue weighted by molar-refractivity contribution is 7.89. The molecule has 0 radical (unpaired) electrons. The van der Waals surface area contributed by atoms with Gasteiger partial charge in [0.2, 0.25) is 10.0 Å². The summed E-state index contributed by atoms with van der Waals surface area (Å²) in [5.74, 6) is 0. The predicted molar refractivity (Wildman–Crippen MR) is 148 cm³/mol. The highest BCUT2D eigenvalue weighted by Gasteiger charge is 2.45. The lowest BCUT2D eigenvalue weighted by atomic mass is 10.0. The van der Waals surface area contributed by atoms with E-state index in [1.165, 1.54) is 42.6 Å². The number of alkyl halides is 3. The Kier molecular flexibility index (Phi) is 7.43. The zero-order chi connectivity index (χ0) is 28.5. The minimum atomic E-state index is -4.96. The van der Waals surface area contributed by atoms with Crippen LogP contribution in [0.15, 0.2) is 108 Å². The maximum atomic E-state index is 14.5. The highest BCUT2D eigenvalue weighted by atomic mass is 35.5. The van der Waals surface area contributed by atoms with Crippen LogP contribution in [0, 0.1) is 11.3 Å². The third-order valence-electron chi connectivity index (χ3n) is 6.47. The lowest BCUT2D eigenvalue weighted by Crippen LogP contribution is -2.38. The number of nitriles is 1. The number of benzene rings is 4. The second-order valence-electron chi connectivity index (χ2n) is 9.17. The average Bonchev–Trinajstić information content (AvgIpc) is 3.29. The van der Waals surface area contributed by atoms with E-state index in [9.17, 15) is 26.9 Å². The number of nitrogens with zero attached hydrogens (tertiary/aromatic N) is 2. The molecule has 5 aromatic rings. The second kappa shape index (κ2) is 10.8. The molecule has 10 heteroatoms. The van der Waals surface area contributed by atoms with E-state index in [0.717, 1.165) is 11.1 Å². The normalized spacial score (nSPS) is 12.8. The van der Waals surface area contributed by atoms with E-state index in [4.69, 9.17) is 11.6 Å². The van der Waals surface area contributed by atoms with Crippen LogP contribution in [0.3, 0.4) is 0 Å². The van der Waals surface area contributed by atoms with Gasteiger partial charge in [0, 0.05) is 34.2 Å². The van der Waals surface area contributed by atoms with E-state index >= 15 is 0 Å². The largest absolute Gasteiger partial charge is 0.408 e. The zero-order valence-corrected chi connectivity index (χ0v) is 22.3. The highest BCUT2D eigenvalue weighted by Crippen LogP contribution is 2.39. The van der Waals surface area contributed by atoms with Gasteiger partial charge in [0.05, 0.1) is 16.5 Å². The Morgan fingerprint density at radius 1 is 0.900 bits per heavy atom. The molecular formula is C30H21ClF3N3O2S. The summed E-state index contributed by atoms with van der Waals surface area (Å²) in [5, 5.41) is 10.1. The first-order valence-electron chi connectivity index (χ1n) is 12.1. The third-order valence-corrected chi connectivity index (χ3v) is 8.14. The fourth-order valence-electron chi connectivity index (χ4n) is 4.54. The van der Waals surface area contributed by atoms with Gasteiger partial charge in [-0.1, -0.05) is 72.3 Å². The molecule has 1 unspecified atom stereocenters. The average molecular weight is 580 g/mol. The molecule has 4 aromatic carbocycles. The molecule has 40 heavy (non-hydrogen) atoms. The van der Waals surface area contributed by atoms with E-state index in [1.54, 1.807) is 59.2 Å². The van der Waals surface area contributed by atoms with Crippen molar-refractivity contribution in [3.8, 4) is 17.2 Å². The van der Waals surface area contributed by atoms with Gasteiger partial charge in [0.15, 0.2) is 0 Å². The van der Waals surface area contributed by atoms with Gasteiger partial charge in [-0.2, -0.15) is 23.2 Å². The van der Waals surface area contributed by atoms with Crippen LogP contribution in [0.4, 0.5) is 13.2 Å². The quantitative estimate of drug-likeness (QED) is 0.217. The van der Waals surface area contributed by atoms with Gasteiger partial charge in [-0.25, -0.2) is 8.42 Å². The molecule has 0 saturated carbocycles. The van der Waals surface area contributed by atoms with E-state index in [2.05, 4.69) is 0 Å². The monoisotopic (exact) mass is 579 g/mol. The summed E-state index contributed by atoms with van der Waals surface area (Å²) >= 11 is 5.97. The van der Waals surface area contributed by atoms with Gasteiger partial charge >= 0.3 is 6.18 Å². The van der Waals surface area contributed by atoms with Crippen molar-refractivity contribution in [1.82, 2.24) is 9.29 Å². The Balaban J connectivity index is 1.58. The Morgan fingerprint density at radius 2 is 1.60 bits per heavy atom. The van der Waals surface area contributed by atoms with Crippen molar-refractivity contribution in [2.24, 2.45) is 0 Å². The number of rotatable bonds is 7. The molecule has 1 N–H and O–H groups in total. The molecule has 0 amide bonds. The third kappa shape index (κ3) is 5.75. The molecule has 202 valence electrons. The van der Waals surface area contributed by atoms with Gasteiger partial charge in [-0.05, 0) is 53.1 Å². The minimum absolute atomic E-state index is 0.177. The van der Waals surface area contributed by atoms with Crippen molar-refractivity contribution in [2.45, 2.75) is 23.7 Å². The maximum Gasteiger partial charge on any atom is 0.408 e. The van der Waals surface area contributed by atoms with Gasteiger partial charge < -0.3 is 4.57 Å². The number of hydrogen-bond acceptors (Lipinski definition) is 3. The first-order valence-corrected chi connectivity index (χ1v) is 13.9. The summed E-state index contributed by atoms with van der Waals surface area (Å²) in [5.41, 5.74) is 2.39. The van der Waals surface area contributed by atoms with E-state index < -0.39 is 22.2 Å². The van der Waals surface area contributed by atoms with Crippen molar-refractivity contribution >= 4 is 32.5 Å². The number of hydrogen-bond donors (Lipinski definition) is 1. The van der Waals surface area contributed by atoms with Crippen LogP contribution in [0.1, 0.15) is 22.7 Å². The molecule has 0 fully saturated rings. The van der Waals surface area contributed by atoms with Gasteiger partial charge in [0.1, 0.15) is 6.04 Å². The van der Waals surface area contributed by atoms with Gasteiger partial charge in [-0.15, -0.1) is 0 Å². The number of aromatic nitrogens is 1. The molecule has 0 aliphatic carbocycles. The summed E-state index contributed by atoms with van der Waals surface area (Å²) in [6.45, 7) is 0.180. The van der Waals surface area contributed by atoms with Crippen molar-refractivity contribution in [3.63, 3.8) is 0 Å². The lowest BCUT2D eigenvalue weighted by Gasteiger charge is -2.21. The zero-order valence-electron chi connectivity index (χ0n) is 20.7. The van der Waals surface area contributed by atoms with Gasteiger partial charge in [-0.3, -0.25) is 0 Å². The topological polar surface area (TPSA) is 74.9 Å². The molecule has 5 rings (SSSR count). The molecule has 1 atom stereocenters. The summed E-state index contributed by atoms with van der Waals surface area (Å²) in [4.78, 5) is -0.292. The van der Waals surface area contributed by atoms with E-state index in [-0.39, 0.29) is 28.0 Å². The Labute approximate surface area is 234 Å². The summed E-state index contributed by atoms with van der Waals surface area (Å²) in [6.07, 6.45) is -3.68.